The molecule has 0 radical (unpaired) electrons. The lowest BCUT2D eigenvalue weighted by atomic mass is 9.48. The Morgan fingerprint density at radius 2 is 1.50 bits per heavy atom. The van der Waals surface area contributed by atoms with Crippen LogP contribution in [0, 0.1) is 23.2 Å². The number of hydrogen-bond acceptors (Lipinski definition) is 3. The van der Waals surface area contributed by atoms with Crippen LogP contribution < -0.4 is 5.48 Å². The number of aliphatic hydroxyl groups is 1. The molecule has 0 amide bonds. The predicted molar refractivity (Wildman–Crippen MR) is 60.9 cm³/mol. The van der Waals surface area contributed by atoms with E-state index < -0.39 is 0 Å². The summed E-state index contributed by atoms with van der Waals surface area (Å²) in [6.07, 6.45) is 7.59. The average molecular weight is 223 g/mol. The summed E-state index contributed by atoms with van der Waals surface area (Å²) in [6.45, 7) is 1.68. The second kappa shape index (κ2) is 3.39. The first kappa shape index (κ1) is 10.5. The van der Waals surface area contributed by atoms with Crippen LogP contribution in [0.25, 0.3) is 0 Å². The van der Waals surface area contributed by atoms with Crippen LogP contribution in [-0.4, -0.2) is 10.3 Å². The van der Waals surface area contributed by atoms with E-state index in [9.17, 15) is 10.3 Å². The molecule has 0 spiro atoms. The highest BCUT2D eigenvalue weighted by atomic mass is 16.5. The van der Waals surface area contributed by atoms with Gasteiger partial charge < -0.3 is 5.11 Å². The average Bonchev–Trinajstić information content (AvgIpc) is 2.14. The Morgan fingerprint density at radius 1 is 1.06 bits per heavy atom. The molecule has 3 heteroatoms. The minimum absolute atomic E-state index is 0.0579. The normalized spacial score (nSPS) is 46.8. The fraction of sp³-hybridized carbons (Fsp3) is 0.846. The minimum Gasteiger partial charge on any atom is -0.511 e. The number of hydrogen-bond donors (Lipinski definition) is 3. The molecule has 0 aliphatic heterocycles. The van der Waals surface area contributed by atoms with Crippen molar-refractivity contribution in [3.8, 4) is 0 Å². The van der Waals surface area contributed by atoms with Crippen molar-refractivity contribution in [2.45, 2.75) is 45.4 Å². The van der Waals surface area contributed by atoms with Gasteiger partial charge in [0.25, 0.3) is 0 Å². The molecule has 0 atom stereocenters. The van der Waals surface area contributed by atoms with E-state index in [2.05, 4.69) is 5.48 Å². The number of allylic oxidation sites excluding steroid dienone is 2. The largest absolute Gasteiger partial charge is 0.511 e. The van der Waals surface area contributed by atoms with Gasteiger partial charge in [0.2, 0.25) is 0 Å². The molecule has 0 aromatic rings. The Labute approximate surface area is 96.5 Å². The van der Waals surface area contributed by atoms with E-state index >= 15 is 0 Å². The van der Waals surface area contributed by atoms with E-state index in [1.54, 1.807) is 6.92 Å². The van der Waals surface area contributed by atoms with E-state index in [0.717, 1.165) is 37.0 Å². The molecule has 0 aromatic heterocycles. The third-order valence-electron chi connectivity index (χ3n) is 5.04. The van der Waals surface area contributed by atoms with Gasteiger partial charge in [0, 0.05) is 5.41 Å². The van der Waals surface area contributed by atoms with Crippen LogP contribution in [0.1, 0.15) is 45.4 Å². The van der Waals surface area contributed by atoms with E-state index in [1.807, 2.05) is 0 Å². The first-order chi connectivity index (χ1) is 7.63. The summed E-state index contributed by atoms with van der Waals surface area (Å²) < 4.78 is 0. The highest BCUT2D eigenvalue weighted by molar-refractivity contribution is 5.20. The summed E-state index contributed by atoms with van der Waals surface area (Å²) in [6, 6.07) is 0. The summed E-state index contributed by atoms with van der Waals surface area (Å²) in [4.78, 5) is 0. The SMILES string of the molecule is CC(O)=C(NO)C12CC3CC(CC(C3)C1)C2. The molecule has 4 bridgehead atoms. The van der Waals surface area contributed by atoms with Crippen molar-refractivity contribution in [1.29, 1.82) is 0 Å². The maximum atomic E-state index is 9.73. The molecule has 4 rings (SSSR count). The van der Waals surface area contributed by atoms with Gasteiger partial charge in [0.1, 0.15) is 5.76 Å². The fourth-order valence-electron chi connectivity index (χ4n) is 5.00. The molecular weight excluding hydrogens is 202 g/mol. The second-order valence-electron chi connectivity index (χ2n) is 6.27. The lowest BCUT2D eigenvalue weighted by Gasteiger charge is -2.57. The van der Waals surface area contributed by atoms with Crippen molar-refractivity contribution in [2.75, 3.05) is 0 Å². The Bertz CT molecular complexity index is 296. The second-order valence-corrected chi connectivity index (χ2v) is 6.27. The van der Waals surface area contributed by atoms with Gasteiger partial charge in [-0.15, -0.1) is 0 Å². The Hall–Kier alpha value is -0.700. The van der Waals surface area contributed by atoms with Crippen LogP contribution in [0.2, 0.25) is 0 Å². The fourth-order valence-corrected chi connectivity index (χ4v) is 5.00. The van der Waals surface area contributed by atoms with Gasteiger partial charge in [-0.25, -0.2) is 0 Å². The summed E-state index contributed by atoms with van der Waals surface area (Å²) in [5.41, 5.74) is 3.05. The molecule has 0 aromatic carbocycles. The maximum absolute atomic E-state index is 9.73. The maximum Gasteiger partial charge on any atom is 0.111 e. The molecule has 4 fully saturated rings. The number of aliphatic hydroxyl groups excluding tert-OH is 1. The lowest BCUT2D eigenvalue weighted by Crippen LogP contribution is -2.49. The molecule has 0 saturated heterocycles. The van der Waals surface area contributed by atoms with Gasteiger partial charge in [-0.05, 0) is 63.2 Å². The molecule has 4 aliphatic carbocycles. The zero-order chi connectivity index (χ0) is 11.3. The third-order valence-corrected chi connectivity index (χ3v) is 5.04. The molecule has 16 heavy (non-hydrogen) atoms. The van der Waals surface area contributed by atoms with Crippen LogP contribution in [0.5, 0.6) is 0 Å². The highest BCUT2D eigenvalue weighted by Gasteiger charge is 2.53. The van der Waals surface area contributed by atoms with E-state index in [-0.39, 0.29) is 11.2 Å². The zero-order valence-corrected chi connectivity index (χ0v) is 9.87. The van der Waals surface area contributed by atoms with Crippen molar-refractivity contribution in [2.24, 2.45) is 23.2 Å². The van der Waals surface area contributed by atoms with Crippen molar-refractivity contribution in [1.82, 2.24) is 5.48 Å². The number of rotatable bonds is 2. The minimum atomic E-state index is 0.0579. The lowest BCUT2D eigenvalue weighted by molar-refractivity contribution is -0.0462. The molecule has 3 N–H and O–H groups in total. The quantitative estimate of drug-likeness (QED) is 0.498. The highest BCUT2D eigenvalue weighted by Crippen LogP contribution is 2.62. The molecule has 0 unspecified atom stereocenters. The predicted octanol–water partition coefficient (Wildman–Crippen LogP) is 2.97. The first-order valence-corrected chi connectivity index (χ1v) is 6.43. The molecule has 0 heterocycles. The number of hydroxylamine groups is 1. The monoisotopic (exact) mass is 223 g/mol. The van der Waals surface area contributed by atoms with Crippen LogP contribution in [0.15, 0.2) is 11.5 Å². The molecule has 4 aliphatic rings. The third kappa shape index (κ3) is 1.37. The van der Waals surface area contributed by atoms with Gasteiger partial charge in [-0.1, -0.05) is 0 Å². The van der Waals surface area contributed by atoms with E-state index in [1.165, 1.54) is 19.3 Å². The first-order valence-electron chi connectivity index (χ1n) is 6.43. The van der Waals surface area contributed by atoms with Gasteiger partial charge >= 0.3 is 0 Å². The summed E-state index contributed by atoms with van der Waals surface area (Å²) in [7, 11) is 0. The van der Waals surface area contributed by atoms with Crippen molar-refractivity contribution in [3.63, 3.8) is 0 Å². The standard InChI is InChI=1S/C13H21NO2/c1-8(15)12(14-16)13-5-9-2-10(6-13)4-11(3-9)7-13/h9-11,14-16H,2-7H2,1H3. The zero-order valence-electron chi connectivity index (χ0n) is 9.87. The topological polar surface area (TPSA) is 52.5 Å². The summed E-state index contributed by atoms with van der Waals surface area (Å²) in [5, 5.41) is 19.0. The molecule has 3 nitrogen and oxygen atoms in total. The van der Waals surface area contributed by atoms with E-state index in [0.29, 0.717) is 5.70 Å². The summed E-state index contributed by atoms with van der Waals surface area (Å²) in [5.74, 6) is 2.75. The van der Waals surface area contributed by atoms with Crippen LogP contribution in [0.4, 0.5) is 0 Å². The van der Waals surface area contributed by atoms with Crippen molar-refractivity contribution in [3.05, 3.63) is 11.5 Å². The van der Waals surface area contributed by atoms with Crippen LogP contribution in [0.3, 0.4) is 0 Å². The van der Waals surface area contributed by atoms with Gasteiger partial charge in [-0.2, -0.15) is 0 Å². The van der Waals surface area contributed by atoms with E-state index in [4.69, 9.17) is 0 Å². The Morgan fingerprint density at radius 3 is 1.81 bits per heavy atom. The summed E-state index contributed by atoms with van der Waals surface area (Å²) >= 11 is 0. The smallest absolute Gasteiger partial charge is 0.111 e. The van der Waals surface area contributed by atoms with Crippen molar-refractivity contribution < 1.29 is 10.3 Å². The number of nitrogens with one attached hydrogen (secondary N) is 1. The Balaban J connectivity index is 1.96. The van der Waals surface area contributed by atoms with Crippen LogP contribution in [-0.2, 0) is 0 Å². The van der Waals surface area contributed by atoms with Gasteiger partial charge in [-0.3, -0.25) is 10.7 Å². The molecule has 90 valence electrons. The van der Waals surface area contributed by atoms with Gasteiger partial charge in [0.05, 0.1) is 5.70 Å². The van der Waals surface area contributed by atoms with Crippen molar-refractivity contribution >= 4 is 0 Å². The van der Waals surface area contributed by atoms with Gasteiger partial charge in [0.15, 0.2) is 0 Å². The Kier molecular flexibility index (Phi) is 2.22. The molecular formula is C13H21NO2. The molecule has 4 saturated carbocycles. The van der Waals surface area contributed by atoms with Crippen LogP contribution >= 0.6 is 0 Å².